The largest absolute Gasteiger partial charge is 0.381 e. The first-order chi connectivity index (χ1) is 12.9. The lowest BCUT2D eigenvalue weighted by Crippen LogP contribution is -2.25. The SMILES string of the molecule is CCN1CC[C@H]2Nc3ccc(S(=O)(=O)c4cc(F)cc(F)c4)cc3[C@@H]2CC1. The Kier molecular flexibility index (Phi) is 4.68. The first-order valence-electron chi connectivity index (χ1n) is 9.22. The van der Waals surface area contributed by atoms with E-state index in [9.17, 15) is 17.2 Å². The van der Waals surface area contributed by atoms with Crippen molar-refractivity contribution in [3.63, 3.8) is 0 Å². The van der Waals surface area contributed by atoms with Crippen molar-refractivity contribution in [1.82, 2.24) is 4.90 Å². The lowest BCUT2D eigenvalue weighted by molar-refractivity contribution is 0.298. The van der Waals surface area contributed by atoms with E-state index in [0.29, 0.717) is 12.1 Å². The van der Waals surface area contributed by atoms with Gasteiger partial charge in [0.15, 0.2) is 0 Å². The molecule has 27 heavy (non-hydrogen) atoms. The van der Waals surface area contributed by atoms with Crippen molar-refractivity contribution in [2.24, 2.45) is 0 Å². The summed E-state index contributed by atoms with van der Waals surface area (Å²) < 4.78 is 52.8. The van der Waals surface area contributed by atoms with E-state index in [1.54, 1.807) is 12.1 Å². The van der Waals surface area contributed by atoms with Crippen molar-refractivity contribution in [3.05, 3.63) is 53.6 Å². The summed E-state index contributed by atoms with van der Waals surface area (Å²) in [6, 6.07) is 7.63. The van der Waals surface area contributed by atoms with E-state index in [4.69, 9.17) is 0 Å². The normalized spacial score (nSPS) is 22.6. The van der Waals surface area contributed by atoms with Crippen molar-refractivity contribution in [2.45, 2.75) is 41.5 Å². The molecule has 7 heteroatoms. The molecule has 2 aliphatic rings. The fourth-order valence-electron chi connectivity index (χ4n) is 4.18. The number of hydrogen-bond donors (Lipinski definition) is 1. The highest BCUT2D eigenvalue weighted by Crippen LogP contribution is 2.42. The zero-order chi connectivity index (χ0) is 19.2. The van der Waals surface area contributed by atoms with Crippen LogP contribution in [0.3, 0.4) is 0 Å². The predicted octanol–water partition coefficient (Wildman–Crippen LogP) is 3.79. The summed E-state index contributed by atoms with van der Waals surface area (Å²) >= 11 is 0. The van der Waals surface area contributed by atoms with Gasteiger partial charge in [0, 0.05) is 30.3 Å². The lowest BCUT2D eigenvalue weighted by Gasteiger charge is -2.17. The highest BCUT2D eigenvalue weighted by molar-refractivity contribution is 7.91. The third kappa shape index (κ3) is 3.34. The molecule has 2 atom stereocenters. The third-order valence-electron chi connectivity index (χ3n) is 5.67. The highest BCUT2D eigenvalue weighted by atomic mass is 32.2. The quantitative estimate of drug-likeness (QED) is 0.864. The number of anilines is 1. The molecular weight excluding hydrogens is 370 g/mol. The van der Waals surface area contributed by atoms with Gasteiger partial charge in [-0.05, 0) is 61.8 Å². The Morgan fingerprint density at radius 3 is 2.44 bits per heavy atom. The molecule has 0 saturated carbocycles. The number of sulfone groups is 1. The molecule has 0 spiro atoms. The monoisotopic (exact) mass is 392 g/mol. The summed E-state index contributed by atoms with van der Waals surface area (Å²) in [5, 5.41) is 3.52. The molecule has 1 N–H and O–H groups in total. The van der Waals surface area contributed by atoms with Crippen molar-refractivity contribution in [1.29, 1.82) is 0 Å². The molecule has 0 bridgehead atoms. The maximum absolute atomic E-state index is 13.5. The van der Waals surface area contributed by atoms with Crippen LogP contribution in [0.5, 0.6) is 0 Å². The minimum absolute atomic E-state index is 0.0743. The van der Waals surface area contributed by atoms with Crippen LogP contribution < -0.4 is 5.32 Å². The van der Waals surface area contributed by atoms with E-state index in [2.05, 4.69) is 17.1 Å². The van der Waals surface area contributed by atoms with E-state index >= 15 is 0 Å². The average Bonchev–Trinajstić information content (AvgIpc) is 2.84. The molecule has 0 aromatic heterocycles. The van der Waals surface area contributed by atoms with Gasteiger partial charge in [0.2, 0.25) is 9.84 Å². The molecule has 2 heterocycles. The molecule has 4 rings (SSSR count). The van der Waals surface area contributed by atoms with E-state index < -0.39 is 21.5 Å². The zero-order valence-electron chi connectivity index (χ0n) is 15.1. The van der Waals surface area contributed by atoms with Gasteiger partial charge in [-0.1, -0.05) is 6.92 Å². The molecule has 0 radical (unpaired) electrons. The third-order valence-corrected chi connectivity index (χ3v) is 7.40. The molecular formula is C20H22F2N2O2S. The van der Waals surface area contributed by atoms with Crippen LogP contribution in [0.1, 0.15) is 31.2 Å². The van der Waals surface area contributed by atoms with Gasteiger partial charge < -0.3 is 10.2 Å². The predicted molar refractivity (Wildman–Crippen MR) is 99.8 cm³/mol. The van der Waals surface area contributed by atoms with Gasteiger partial charge in [-0.25, -0.2) is 17.2 Å². The topological polar surface area (TPSA) is 49.4 Å². The van der Waals surface area contributed by atoms with Gasteiger partial charge in [-0.15, -0.1) is 0 Å². The maximum Gasteiger partial charge on any atom is 0.206 e. The van der Waals surface area contributed by atoms with Crippen LogP contribution in [0.2, 0.25) is 0 Å². The molecule has 2 aromatic carbocycles. The van der Waals surface area contributed by atoms with E-state index in [1.165, 1.54) is 6.07 Å². The molecule has 2 aromatic rings. The van der Waals surface area contributed by atoms with Crippen molar-refractivity contribution >= 4 is 15.5 Å². The lowest BCUT2D eigenvalue weighted by atomic mass is 9.91. The number of benzene rings is 2. The Hall–Kier alpha value is -1.99. The summed E-state index contributed by atoms with van der Waals surface area (Å²) in [5.41, 5.74) is 1.94. The van der Waals surface area contributed by atoms with Crippen molar-refractivity contribution in [2.75, 3.05) is 25.0 Å². The number of halogens is 2. The summed E-state index contributed by atoms with van der Waals surface area (Å²) in [7, 11) is -3.99. The number of likely N-dealkylation sites (tertiary alicyclic amines) is 1. The minimum atomic E-state index is -3.99. The first kappa shape index (κ1) is 18.4. The smallest absolute Gasteiger partial charge is 0.206 e. The first-order valence-corrected chi connectivity index (χ1v) is 10.7. The van der Waals surface area contributed by atoms with E-state index in [1.807, 2.05) is 0 Å². The van der Waals surface area contributed by atoms with Crippen LogP contribution in [0, 0.1) is 11.6 Å². The molecule has 0 unspecified atom stereocenters. The van der Waals surface area contributed by atoms with Gasteiger partial charge >= 0.3 is 0 Å². The standard InChI is InChI=1S/C20H22F2N2O2S/c1-2-24-7-5-17-18-12-15(3-4-19(18)23-20(17)6-8-24)27(25,26)16-10-13(21)9-14(22)11-16/h3-4,9-12,17,20,23H,2,5-8H2,1H3/t17-,20+/m0/s1. The second-order valence-corrected chi connectivity index (χ2v) is 9.18. The fraction of sp³-hybridized carbons (Fsp3) is 0.400. The van der Waals surface area contributed by atoms with Crippen LogP contribution in [-0.4, -0.2) is 39.0 Å². The fourth-order valence-corrected chi connectivity index (χ4v) is 5.52. The summed E-state index contributed by atoms with van der Waals surface area (Å²) in [4.78, 5) is 2.11. The molecule has 144 valence electrons. The van der Waals surface area contributed by atoms with Gasteiger partial charge in [0.05, 0.1) is 9.79 Å². The maximum atomic E-state index is 13.5. The number of nitrogens with one attached hydrogen (secondary N) is 1. The summed E-state index contributed by atoms with van der Waals surface area (Å²) in [6.45, 7) is 5.15. The Balaban J connectivity index is 1.70. The van der Waals surface area contributed by atoms with Gasteiger partial charge in [-0.2, -0.15) is 0 Å². The van der Waals surface area contributed by atoms with E-state index in [0.717, 1.165) is 55.9 Å². The molecule has 2 aliphatic heterocycles. The molecule has 0 amide bonds. The van der Waals surface area contributed by atoms with Gasteiger partial charge in [0.1, 0.15) is 11.6 Å². The van der Waals surface area contributed by atoms with Crippen LogP contribution in [0.15, 0.2) is 46.2 Å². The number of fused-ring (bicyclic) bond motifs is 3. The van der Waals surface area contributed by atoms with Gasteiger partial charge in [-0.3, -0.25) is 0 Å². The summed E-state index contributed by atoms with van der Waals surface area (Å²) in [5.74, 6) is -1.56. The van der Waals surface area contributed by atoms with Crippen molar-refractivity contribution < 1.29 is 17.2 Å². The Morgan fingerprint density at radius 1 is 1.04 bits per heavy atom. The van der Waals surface area contributed by atoms with Gasteiger partial charge in [0.25, 0.3) is 0 Å². The highest BCUT2D eigenvalue weighted by Gasteiger charge is 2.35. The Bertz CT molecular complexity index is 958. The minimum Gasteiger partial charge on any atom is -0.381 e. The van der Waals surface area contributed by atoms with Crippen LogP contribution in [0.25, 0.3) is 0 Å². The second kappa shape index (κ2) is 6.87. The van der Waals surface area contributed by atoms with Crippen LogP contribution in [-0.2, 0) is 9.84 Å². The van der Waals surface area contributed by atoms with Crippen LogP contribution in [0.4, 0.5) is 14.5 Å². The number of nitrogens with zero attached hydrogens (tertiary/aromatic N) is 1. The second-order valence-electron chi connectivity index (χ2n) is 7.23. The summed E-state index contributed by atoms with van der Waals surface area (Å²) in [6.07, 6.45) is 1.96. The molecule has 1 saturated heterocycles. The van der Waals surface area contributed by atoms with E-state index in [-0.39, 0.29) is 15.7 Å². The Labute approximate surface area is 158 Å². The molecule has 0 aliphatic carbocycles. The zero-order valence-corrected chi connectivity index (χ0v) is 15.9. The Morgan fingerprint density at radius 2 is 1.74 bits per heavy atom. The number of hydrogen-bond acceptors (Lipinski definition) is 4. The average molecular weight is 392 g/mol. The molecule has 4 nitrogen and oxygen atoms in total. The van der Waals surface area contributed by atoms with Crippen LogP contribution >= 0.6 is 0 Å². The molecule has 1 fully saturated rings. The number of rotatable bonds is 3. The van der Waals surface area contributed by atoms with Crippen molar-refractivity contribution in [3.8, 4) is 0 Å².